The highest BCUT2D eigenvalue weighted by Gasteiger charge is 1.99. The number of pyridine rings is 1. The Hall–Kier alpha value is -1.15. The first kappa shape index (κ1) is 8.94. The van der Waals surface area contributed by atoms with Crippen molar-refractivity contribution < 1.29 is 0 Å². The third-order valence-corrected chi connectivity index (χ3v) is 1.75. The molecule has 0 aliphatic rings. The molecule has 64 valence electrons. The summed E-state index contributed by atoms with van der Waals surface area (Å²) in [6.45, 7) is 7.69. The molecule has 0 radical (unpaired) electrons. The van der Waals surface area contributed by atoms with Gasteiger partial charge in [-0.05, 0) is 31.1 Å². The molecular weight excluding hydrogens is 148 g/mol. The van der Waals surface area contributed by atoms with Crippen LogP contribution < -0.4 is 5.73 Å². The van der Waals surface area contributed by atoms with E-state index < -0.39 is 0 Å². The van der Waals surface area contributed by atoms with Crippen molar-refractivity contribution in [3.8, 4) is 0 Å². The van der Waals surface area contributed by atoms with Crippen LogP contribution in [0.1, 0.15) is 31.1 Å². The van der Waals surface area contributed by atoms with Gasteiger partial charge in [0.2, 0.25) is 0 Å². The molecule has 2 nitrogen and oxygen atoms in total. The van der Waals surface area contributed by atoms with Crippen LogP contribution in [0.2, 0.25) is 0 Å². The third-order valence-electron chi connectivity index (χ3n) is 1.75. The van der Waals surface area contributed by atoms with Crippen LogP contribution in [0.3, 0.4) is 0 Å². The minimum absolute atomic E-state index is 0.0525. The van der Waals surface area contributed by atoms with E-state index in [1.165, 1.54) is 0 Å². The minimum atomic E-state index is 0.0525. The molecule has 0 saturated carbocycles. The molecule has 2 heteroatoms. The zero-order chi connectivity index (χ0) is 9.14. The Morgan fingerprint density at radius 1 is 1.58 bits per heavy atom. The Morgan fingerprint density at radius 2 is 2.25 bits per heavy atom. The smallest absolute Gasteiger partial charge is 0.0653 e. The fourth-order valence-electron chi connectivity index (χ4n) is 0.927. The highest BCUT2D eigenvalue weighted by Crippen LogP contribution is 2.12. The Bertz CT molecular complexity index is 272. The Kier molecular flexibility index (Phi) is 2.61. The van der Waals surface area contributed by atoms with Gasteiger partial charge in [0.1, 0.15) is 0 Å². The second-order valence-electron chi connectivity index (χ2n) is 3.05. The van der Waals surface area contributed by atoms with E-state index in [1.807, 2.05) is 26.0 Å². The number of aromatic nitrogens is 1. The molecule has 0 aliphatic carbocycles. The summed E-state index contributed by atoms with van der Waals surface area (Å²) in [5.41, 5.74) is 8.64. The first-order valence-corrected chi connectivity index (χ1v) is 3.98. The fraction of sp³-hybridized carbons (Fsp3) is 0.300. The zero-order valence-corrected chi connectivity index (χ0v) is 7.54. The van der Waals surface area contributed by atoms with Crippen LogP contribution in [0.15, 0.2) is 24.9 Å². The van der Waals surface area contributed by atoms with Crippen LogP contribution in [0.5, 0.6) is 0 Å². The molecule has 0 saturated heterocycles. The van der Waals surface area contributed by atoms with Gasteiger partial charge in [0.15, 0.2) is 0 Å². The normalized spacial score (nSPS) is 12.6. The molecule has 2 N–H and O–H groups in total. The summed E-state index contributed by atoms with van der Waals surface area (Å²) in [5, 5.41) is 0. The van der Waals surface area contributed by atoms with Crippen LogP contribution in [-0.4, -0.2) is 4.98 Å². The quantitative estimate of drug-likeness (QED) is 0.723. The summed E-state index contributed by atoms with van der Waals surface area (Å²) >= 11 is 0. The van der Waals surface area contributed by atoms with Crippen LogP contribution >= 0.6 is 0 Å². The SMILES string of the molecule is C=C(C)c1ccc(C(C)N)cn1. The number of nitrogens with two attached hydrogens (primary N) is 1. The average Bonchev–Trinajstić information content (AvgIpc) is 2.04. The molecule has 1 unspecified atom stereocenters. The highest BCUT2D eigenvalue weighted by atomic mass is 14.7. The van der Waals surface area contributed by atoms with E-state index in [-0.39, 0.29) is 6.04 Å². The van der Waals surface area contributed by atoms with Gasteiger partial charge in [0, 0.05) is 12.2 Å². The average molecular weight is 162 g/mol. The standard InChI is InChI=1S/C10H14N2/c1-7(2)10-5-4-9(6-12-10)8(3)11/h4-6,8H,1,11H2,2-3H3. The molecule has 0 spiro atoms. The molecule has 0 aromatic carbocycles. The lowest BCUT2D eigenvalue weighted by Crippen LogP contribution is -2.05. The van der Waals surface area contributed by atoms with Crippen LogP contribution in [0, 0.1) is 0 Å². The fourth-order valence-corrected chi connectivity index (χ4v) is 0.927. The monoisotopic (exact) mass is 162 g/mol. The molecule has 1 aromatic rings. The van der Waals surface area contributed by atoms with Crippen molar-refractivity contribution in [1.29, 1.82) is 0 Å². The van der Waals surface area contributed by atoms with Gasteiger partial charge in [-0.1, -0.05) is 12.6 Å². The Labute approximate surface area is 73.1 Å². The van der Waals surface area contributed by atoms with Crippen LogP contribution in [0.4, 0.5) is 0 Å². The Balaban J connectivity index is 2.93. The maximum Gasteiger partial charge on any atom is 0.0653 e. The number of hydrogen-bond acceptors (Lipinski definition) is 2. The molecule has 1 atom stereocenters. The molecule has 1 heterocycles. The summed E-state index contributed by atoms with van der Waals surface area (Å²) in [5.74, 6) is 0. The van der Waals surface area contributed by atoms with Gasteiger partial charge in [-0.25, -0.2) is 0 Å². The summed E-state index contributed by atoms with van der Waals surface area (Å²) in [6, 6.07) is 3.99. The molecule has 0 amide bonds. The van der Waals surface area contributed by atoms with Crippen molar-refractivity contribution in [1.82, 2.24) is 4.98 Å². The molecule has 1 aromatic heterocycles. The van der Waals surface area contributed by atoms with Gasteiger partial charge in [-0.3, -0.25) is 4.98 Å². The van der Waals surface area contributed by atoms with E-state index in [0.717, 1.165) is 16.8 Å². The number of hydrogen-bond donors (Lipinski definition) is 1. The molecule has 0 bridgehead atoms. The van der Waals surface area contributed by atoms with E-state index in [9.17, 15) is 0 Å². The second-order valence-corrected chi connectivity index (χ2v) is 3.05. The molecule has 0 aliphatic heterocycles. The van der Waals surface area contributed by atoms with Crippen molar-refractivity contribution >= 4 is 5.57 Å². The van der Waals surface area contributed by atoms with Gasteiger partial charge < -0.3 is 5.73 Å². The second kappa shape index (κ2) is 3.50. The maximum absolute atomic E-state index is 5.68. The van der Waals surface area contributed by atoms with Crippen LogP contribution in [0.25, 0.3) is 5.57 Å². The summed E-state index contributed by atoms with van der Waals surface area (Å²) in [4.78, 5) is 4.22. The number of rotatable bonds is 2. The first-order valence-electron chi connectivity index (χ1n) is 3.98. The lowest BCUT2D eigenvalue weighted by Gasteiger charge is -2.05. The van der Waals surface area contributed by atoms with Crippen molar-refractivity contribution in [2.45, 2.75) is 19.9 Å². The molecule has 0 fully saturated rings. The van der Waals surface area contributed by atoms with E-state index in [4.69, 9.17) is 5.73 Å². The summed E-state index contributed by atoms with van der Waals surface area (Å²) in [6.07, 6.45) is 1.80. The van der Waals surface area contributed by atoms with Crippen LogP contribution in [-0.2, 0) is 0 Å². The lowest BCUT2D eigenvalue weighted by atomic mass is 10.1. The van der Waals surface area contributed by atoms with Crippen molar-refractivity contribution in [3.63, 3.8) is 0 Å². The molecular formula is C10H14N2. The van der Waals surface area contributed by atoms with Gasteiger partial charge in [-0.2, -0.15) is 0 Å². The topological polar surface area (TPSA) is 38.9 Å². The summed E-state index contributed by atoms with van der Waals surface area (Å²) < 4.78 is 0. The van der Waals surface area contributed by atoms with Crippen molar-refractivity contribution in [2.75, 3.05) is 0 Å². The van der Waals surface area contributed by atoms with E-state index in [0.29, 0.717) is 0 Å². The number of nitrogens with zero attached hydrogens (tertiary/aromatic N) is 1. The first-order chi connectivity index (χ1) is 5.61. The summed E-state index contributed by atoms with van der Waals surface area (Å²) in [7, 11) is 0. The number of allylic oxidation sites excluding steroid dienone is 1. The molecule has 1 rings (SSSR count). The van der Waals surface area contributed by atoms with Crippen molar-refractivity contribution in [3.05, 3.63) is 36.2 Å². The van der Waals surface area contributed by atoms with E-state index in [2.05, 4.69) is 11.6 Å². The van der Waals surface area contributed by atoms with Gasteiger partial charge in [0.05, 0.1) is 5.69 Å². The van der Waals surface area contributed by atoms with E-state index in [1.54, 1.807) is 6.20 Å². The minimum Gasteiger partial charge on any atom is -0.324 e. The third kappa shape index (κ3) is 1.92. The predicted octanol–water partition coefficient (Wildman–Crippen LogP) is 2.13. The lowest BCUT2D eigenvalue weighted by molar-refractivity contribution is 0.811. The van der Waals surface area contributed by atoms with Gasteiger partial charge >= 0.3 is 0 Å². The Morgan fingerprint density at radius 3 is 2.58 bits per heavy atom. The largest absolute Gasteiger partial charge is 0.324 e. The van der Waals surface area contributed by atoms with Crippen molar-refractivity contribution in [2.24, 2.45) is 5.73 Å². The predicted molar refractivity (Wildman–Crippen MR) is 51.5 cm³/mol. The van der Waals surface area contributed by atoms with E-state index >= 15 is 0 Å². The molecule has 12 heavy (non-hydrogen) atoms. The maximum atomic E-state index is 5.68. The van der Waals surface area contributed by atoms with Gasteiger partial charge in [0.25, 0.3) is 0 Å². The zero-order valence-electron chi connectivity index (χ0n) is 7.54. The van der Waals surface area contributed by atoms with Gasteiger partial charge in [-0.15, -0.1) is 0 Å². The highest BCUT2D eigenvalue weighted by molar-refractivity contribution is 5.57.